The molecule has 4 rings (SSSR count). The maximum absolute atomic E-state index is 12.7. The topological polar surface area (TPSA) is 136 Å². The number of halogens is 3. The summed E-state index contributed by atoms with van der Waals surface area (Å²) in [6.07, 6.45) is -1.19. The molecule has 3 heterocycles. The summed E-state index contributed by atoms with van der Waals surface area (Å²) >= 11 is 0. The van der Waals surface area contributed by atoms with E-state index in [1.54, 1.807) is 35.1 Å². The molecule has 0 radical (unpaired) electrons. The molecule has 2 amide bonds. The zero-order valence-electron chi connectivity index (χ0n) is 19.1. The Kier molecular flexibility index (Phi) is 7.43. The number of nitrogens with zero attached hydrogens (tertiary/aromatic N) is 5. The van der Waals surface area contributed by atoms with Crippen LogP contribution in [0.1, 0.15) is 12.2 Å². The van der Waals surface area contributed by atoms with Crippen LogP contribution in [0.3, 0.4) is 0 Å². The maximum atomic E-state index is 12.7. The first kappa shape index (κ1) is 25.7. The van der Waals surface area contributed by atoms with Crippen molar-refractivity contribution in [1.29, 1.82) is 0 Å². The number of aliphatic carboxylic acids is 1. The predicted molar refractivity (Wildman–Crippen MR) is 119 cm³/mol. The van der Waals surface area contributed by atoms with Crippen molar-refractivity contribution in [2.24, 2.45) is 13.0 Å². The third kappa shape index (κ3) is 6.35. The van der Waals surface area contributed by atoms with Crippen LogP contribution < -0.4 is 10.2 Å². The minimum Gasteiger partial charge on any atom is -0.475 e. The molecule has 0 aliphatic carbocycles. The van der Waals surface area contributed by atoms with Crippen molar-refractivity contribution >= 4 is 40.2 Å². The number of carboxylic acid groups (broad SMARTS) is 1. The largest absolute Gasteiger partial charge is 0.490 e. The molecule has 1 fully saturated rings. The maximum Gasteiger partial charge on any atom is 0.490 e. The number of rotatable bonds is 5. The van der Waals surface area contributed by atoms with Crippen molar-refractivity contribution in [3.63, 3.8) is 0 Å². The van der Waals surface area contributed by atoms with Gasteiger partial charge in [0.1, 0.15) is 11.7 Å². The molecule has 35 heavy (non-hydrogen) atoms. The number of H-pyrrole nitrogens is 1. The Morgan fingerprint density at radius 1 is 1.31 bits per heavy atom. The van der Waals surface area contributed by atoms with Crippen molar-refractivity contribution in [2.75, 3.05) is 30.9 Å². The van der Waals surface area contributed by atoms with E-state index in [-0.39, 0.29) is 11.8 Å². The Labute approximate surface area is 197 Å². The van der Waals surface area contributed by atoms with E-state index in [9.17, 15) is 22.8 Å². The van der Waals surface area contributed by atoms with E-state index in [0.29, 0.717) is 25.2 Å². The highest BCUT2D eigenvalue weighted by Gasteiger charge is 2.39. The zero-order valence-corrected chi connectivity index (χ0v) is 19.1. The highest BCUT2D eigenvalue weighted by Crippen LogP contribution is 2.26. The second kappa shape index (κ2) is 10.1. The van der Waals surface area contributed by atoms with Crippen LogP contribution in [0.15, 0.2) is 30.6 Å². The molecule has 14 heteroatoms. The molecule has 2 aromatic heterocycles. The molecule has 1 aromatic carbocycles. The lowest BCUT2D eigenvalue weighted by atomic mass is 10.1. The third-order valence-corrected chi connectivity index (χ3v) is 5.03. The molecular formula is C21H24F3N7O4. The first-order valence-electron chi connectivity index (χ1n) is 10.4. The molecule has 11 nitrogen and oxygen atoms in total. The number of aromatic amines is 1. The molecule has 0 saturated carbocycles. The van der Waals surface area contributed by atoms with Crippen LogP contribution in [0.2, 0.25) is 0 Å². The Morgan fingerprint density at radius 2 is 2.00 bits per heavy atom. The number of fused-ring (bicyclic) bond motifs is 1. The number of nitrogens with one attached hydrogen (secondary N) is 2. The van der Waals surface area contributed by atoms with Gasteiger partial charge in [0.25, 0.3) is 0 Å². The van der Waals surface area contributed by atoms with Gasteiger partial charge < -0.3 is 25.2 Å². The summed E-state index contributed by atoms with van der Waals surface area (Å²) in [4.78, 5) is 45.7. The number of imidazole rings is 1. The highest BCUT2D eigenvalue weighted by molar-refractivity contribution is 6.13. The van der Waals surface area contributed by atoms with E-state index in [4.69, 9.17) is 9.90 Å². The lowest BCUT2D eigenvalue weighted by Gasteiger charge is -2.14. The SMILES string of the molecule is CN(C)Cc1nc2ccc(NC(=O)C3CCN(c4cnn(C)c4)C3=O)cc2[nH]1.O=C(O)C(F)(F)F. The molecule has 1 unspecified atom stereocenters. The van der Waals surface area contributed by atoms with Crippen LogP contribution in [-0.4, -0.2) is 74.4 Å². The van der Waals surface area contributed by atoms with Crippen molar-refractivity contribution in [3.8, 4) is 0 Å². The van der Waals surface area contributed by atoms with Crippen LogP contribution in [0.25, 0.3) is 11.0 Å². The number of carbonyl (C=O) groups is 3. The number of alkyl halides is 3. The first-order valence-corrected chi connectivity index (χ1v) is 10.4. The van der Waals surface area contributed by atoms with E-state index >= 15 is 0 Å². The van der Waals surface area contributed by atoms with Gasteiger partial charge in [-0.15, -0.1) is 0 Å². The Balaban J connectivity index is 0.000000429. The molecule has 1 atom stereocenters. The number of amides is 2. The Bertz CT molecular complexity index is 1240. The molecule has 1 saturated heterocycles. The molecule has 3 N–H and O–H groups in total. The number of aromatic nitrogens is 4. The third-order valence-electron chi connectivity index (χ3n) is 5.03. The van der Waals surface area contributed by atoms with Gasteiger partial charge in [0.2, 0.25) is 11.8 Å². The number of anilines is 2. The van der Waals surface area contributed by atoms with Crippen LogP contribution >= 0.6 is 0 Å². The van der Waals surface area contributed by atoms with E-state index in [0.717, 1.165) is 22.5 Å². The van der Waals surface area contributed by atoms with Gasteiger partial charge in [0.15, 0.2) is 0 Å². The summed E-state index contributed by atoms with van der Waals surface area (Å²) in [6, 6.07) is 5.51. The van der Waals surface area contributed by atoms with E-state index in [1.165, 1.54) is 0 Å². The standard InChI is InChI=1S/C19H23N7O2.C2HF3O2/c1-24(2)11-17-22-15-5-4-12(8-16(15)23-17)21-18(27)14-6-7-26(19(14)28)13-9-20-25(3)10-13;3-2(4,5)1(6)7/h4-5,8-10,14H,6-7,11H2,1-3H3,(H,21,27)(H,22,23);(H,6,7). The van der Waals surface area contributed by atoms with E-state index in [1.807, 2.05) is 31.1 Å². The van der Waals surface area contributed by atoms with Gasteiger partial charge in [0, 0.05) is 25.5 Å². The minimum absolute atomic E-state index is 0.193. The van der Waals surface area contributed by atoms with Crippen molar-refractivity contribution in [1.82, 2.24) is 24.6 Å². The Morgan fingerprint density at radius 3 is 2.57 bits per heavy atom. The summed E-state index contributed by atoms with van der Waals surface area (Å²) in [5.74, 6) is -3.07. The minimum atomic E-state index is -5.08. The number of hydrogen-bond donors (Lipinski definition) is 3. The quantitative estimate of drug-likeness (QED) is 0.461. The molecule has 1 aliphatic heterocycles. The lowest BCUT2D eigenvalue weighted by molar-refractivity contribution is -0.192. The van der Waals surface area contributed by atoms with Crippen molar-refractivity contribution in [3.05, 3.63) is 36.4 Å². The predicted octanol–water partition coefficient (Wildman–Crippen LogP) is 1.98. The van der Waals surface area contributed by atoms with Gasteiger partial charge >= 0.3 is 12.1 Å². The van der Waals surface area contributed by atoms with Crippen molar-refractivity contribution < 1.29 is 32.7 Å². The summed E-state index contributed by atoms with van der Waals surface area (Å²) in [5, 5.41) is 14.1. The van der Waals surface area contributed by atoms with Crippen LogP contribution in [0, 0.1) is 5.92 Å². The number of hydrogen-bond acceptors (Lipinski definition) is 6. The number of benzene rings is 1. The second-order valence-electron chi connectivity index (χ2n) is 8.15. The van der Waals surface area contributed by atoms with Crippen LogP contribution in [0.4, 0.5) is 24.5 Å². The monoisotopic (exact) mass is 495 g/mol. The molecule has 1 aliphatic rings. The summed E-state index contributed by atoms with van der Waals surface area (Å²) < 4.78 is 33.4. The summed E-state index contributed by atoms with van der Waals surface area (Å²) in [5.41, 5.74) is 3.05. The Hall–Kier alpha value is -3.94. The number of carbonyl (C=O) groups excluding carboxylic acids is 2. The van der Waals surface area contributed by atoms with Gasteiger partial charge in [-0.05, 0) is 38.7 Å². The fourth-order valence-corrected chi connectivity index (χ4v) is 3.47. The van der Waals surface area contributed by atoms with Gasteiger partial charge in [0.05, 0.1) is 29.5 Å². The molecule has 188 valence electrons. The molecule has 0 bridgehead atoms. The fourth-order valence-electron chi connectivity index (χ4n) is 3.47. The smallest absolute Gasteiger partial charge is 0.475 e. The lowest BCUT2D eigenvalue weighted by Crippen LogP contribution is -2.32. The van der Waals surface area contributed by atoms with Crippen LogP contribution in [0.5, 0.6) is 0 Å². The number of aryl methyl sites for hydroxylation is 1. The average molecular weight is 495 g/mol. The molecule has 3 aromatic rings. The van der Waals surface area contributed by atoms with Gasteiger partial charge in [-0.3, -0.25) is 14.3 Å². The zero-order chi connectivity index (χ0) is 25.9. The highest BCUT2D eigenvalue weighted by atomic mass is 19.4. The normalized spacial score (nSPS) is 15.9. The summed E-state index contributed by atoms with van der Waals surface area (Å²) in [7, 11) is 5.75. The average Bonchev–Trinajstić information content (AvgIpc) is 3.44. The summed E-state index contributed by atoms with van der Waals surface area (Å²) in [6.45, 7) is 1.22. The molecular weight excluding hydrogens is 471 g/mol. The number of carboxylic acids is 1. The van der Waals surface area contributed by atoms with E-state index in [2.05, 4.69) is 20.4 Å². The van der Waals surface area contributed by atoms with Gasteiger partial charge in [-0.1, -0.05) is 0 Å². The second-order valence-corrected chi connectivity index (χ2v) is 8.15. The fraction of sp³-hybridized carbons (Fsp3) is 0.381. The molecule has 0 spiro atoms. The van der Waals surface area contributed by atoms with Gasteiger partial charge in [-0.2, -0.15) is 18.3 Å². The van der Waals surface area contributed by atoms with E-state index < -0.39 is 18.1 Å². The van der Waals surface area contributed by atoms with Gasteiger partial charge in [-0.25, -0.2) is 9.78 Å². The van der Waals surface area contributed by atoms with Crippen LogP contribution in [-0.2, 0) is 28.0 Å². The van der Waals surface area contributed by atoms with Crippen molar-refractivity contribution in [2.45, 2.75) is 19.1 Å². The first-order chi connectivity index (χ1) is 16.3.